The molecule has 128 valence electrons. The lowest BCUT2D eigenvalue weighted by Gasteiger charge is -2.31. The number of hydrogen-bond acceptors (Lipinski definition) is 2. The van der Waals surface area contributed by atoms with E-state index in [2.05, 4.69) is 0 Å². The Balaban J connectivity index is 1.63. The molecule has 0 atom stereocenters. The Morgan fingerprint density at radius 3 is 2.25 bits per heavy atom. The highest BCUT2D eigenvalue weighted by molar-refractivity contribution is 7.89. The first kappa shape index (κ1) is 17.0. The van der Waals surface area contributed by atoms with E-state index in [1.165, 1.54) is 34.6 Å². The molecule has 0 aliphatic carbocycles. The Hall–Kier alpha value is -1.79. The summed E-state index contributed by atoms with van der Waals surface area (Å²) in [5.41, 5.74) is 1.06. The summed E-state index contributed by atoms with van der Waals surface area (Å²) >= 11 is 0. The Bertz CT molecular complexity index is 798. The van der Waals surface area contributed by atoms with Crippen LogP contribution in [0.1, 0.15) is 18.4 Å². The van der Waals surface area contributed by atoms with Crippen LogP contribution >= 0.6 is 0 Å². The topological polar surface area (TPSA) is 37.4 Å². The molecule has 1 aliphatic heterocycles. The molecular formula is C18H19F2NO2S. The van der Waals surface area contributed by atoms with Gasteiger partial charge in [0.05, 0.1) is 4.90 Å². The largest absolute Gasteiger partial charge is 0.243 e. The van der Waals surface area contributed by atoms with Gasteiger partial charge in [0.25, 0.3) is 0 Å². The van der Waals surface area contributed by atoms with Crippen molar-refractivity contribution in [1.82, 2.24) is 4.31 Å². The number of sulfonamides is 1. The zero-order valence-electron chi connectivity index (χ0n) is 13.2. The lowest BCUT2D eigenvalue weighted by molar-refractivity contribution is 0.272. The van der Waals surface area contributed by atoms with E-state index >= 15 is 0 Å². The molecule has 1 saturated heterocycles. The molecule has 0 aromatic heterocycles. The predicted molar refractivity (Wildman–Crippen MR) is 88.0 cm³/mol. The van der Waals surface area contributed by atoms with Crippen LogP contribution in [-0.2, 0) is 16.4 Å². The van der Waals surface area contributed by atoms with Crippen molar-refractivity contribution in [3.63, 3.8) is 0 Å². The van der Waals surface area contributed by atoms with Gasteiger partial charge in [0.1, 0.15) is 11.6 Å². The molecule has 1 heterocycles. The lowest BCUT2D eigenvalue weighted by Crippen LogP contribution is -2.38. The molecule has 1 fully saturated rings. The van der Waals surface area contributed by atoms with Gasteiger partial charge >= 0.3 is 0 Å². The number of nitrogens with zero attached hydrogens (tertiary/aromatic N) is 1. The summed E-state index contributed by atoms with van der Waals surface area (Å²) in [7, 11) is -3.64. The van der Waals surface area contributed by atoms with Gasteiger partial charge < -0.3 is 0 Å². The third-order valence-corrected chi connectivity index (χ3v) is 6.34. The molecule has 1 aliphatic rings. The molecular weight excluding hydrogens is 332 g/mol. The second kappa shape index (κ2) is 6.99. The normalized spacial score (nSPS) is 17.1. The van der Waals surface area contributed by atoms with E-state index < -0.39 is 15.8 Å². The van der Waals surface area contributed by atoms with Crippen molar-refractivity contribution >= 4 is 10.0 Å². The van der Waals surface area contributed by atoms with Crippen molar-refractivity contribution < 1.29 is 17.2 Å². The molecule has 0 amide bonds. The minimum absolute atomic E-state index is 0.000477. The average Bonchev–Trinajstić information content (AvgIpc) is 2.57. The third-order valence-electron chi connectivity index (χ3n) is 4.44. The average molecular weight is 351 g/mol. The van der Waals surface area contributed by atoms with Crippen molar-refractivity contribution in [2.24, 2.45) is 5.92 Å². The Kier molecular flexibility index (Phi) is 4.96. The fourth-order valence-electron chi connectivity index (χ4n) is 3.08. The monoisotopic (exact) mass is 351 g/mol. The van der Waals surface area contributed by atoms with Crippen molar-refractivity contribution in [3.05, 3.63) is 65.7 Å². The number of piperidine rings is 1. The number of rotatable bonds is 4. The second-order valence-electron chi connectivity index (χ2n) is 6.14. The molecule has 2 aromatic rings. The summed E-state index contributed by atoms with van der Waals surface area (Å²) in [4.78, 5) is -0.000477. The highest BCUT2D eigenvalue weighted by Crippen LogP contribution is 2.26. The lowest BCUT2D eigenvalue weighted by atomic mass is 9.91. The van der Waals surface area contributed by atoms with Crippen LogP contribution in [0.2, 0.25) is 0 Å². The molecule has 0 N–H and O–H groups in total. The Labute approximate surface area is 141 Å². The van der Waals surface area contributed by atoms with Crippen LogP contribution in [0.25, 0.3) is 0 Å². The van der Waals surface area contributed by atoms with Crippen molar-refractivity contribution in [2.45, 2.75) is 24.2 Å². The van der Waals surface area contributed by atoms with Crippen LogP contribution in [0, 0.1) is 17.6 Å². The smallest absolute Gasteiger partial charge is 0.207 e. The van der Waals surface area contributed by atoms with Crippen LogP contribution in [0.3, 0.4) is 0 Å². The van der Waals surface area contributed by atoms with Crippen molar-refractivity contribution in [1.29, 1.82) is 0 Å². The van der Waals surface area contributed by atoms with Crippen LogP contribution < -0.4 is 0 Å². The summed E-state index contributed by atoms with van der Waals surface area (Å²) in [5.74, 6) is -0.438. The van der Waals surface area contributed by atoms with Crippen molar-refractivity contribution in [2.75, 3.05) is 13.1 Å². The fraction of sp³-hybridized carbons (Fsp3) is 0.333. The molecule has 0 spiro atoms. The van der Waals surface area contributed by atoms with Gasteiger partial charge in [-0.15, -0.1) is 0 Å². The SMILES string of the molecule is O=S(=O)(c1cccc(F)c1)N1CCC(Cc2ccc(F)cc2)CC1. The molecule has 2 aromatic carbocycles. The summed E-state index contributed by atoms with van der Waals surface area (Å²) < 4.78 is 52.8. The van der Waals surface area contributed by atoms with Gasteiger partial charge in [0, 0.05) is 13.1 Å². The number of halogens is 2. The molecule has 3 nitrogen and oxygen atoms in total. The quantitative estimate of drug-likeness (QED) is 0.844. The van der Waals surface area contributed by atoms with Gasteiger partial charge in [-0.05, 0) is 61.1 Å². The first-order chi connectivity index (χ1) is 11.4. The minimum atomic E-state index is -3.64. The molecule has 6 heteroatoms. The zero-order chi connectivity index (χ0) is 17.2. The predicted octanol–water partition coefficient (Wildman–Crippen LogP) is 3.61. The van der Waals surface area contributed by atoms with E-state index in [0.29, 0.717) is 19.0 Å². The molecule has 0 unspecified atom stereocenters. The fourth-order valence-corrected chi connectivity index (χ4v) is 4.59. The highest BCUT2D eigenvalue weighted by atomic mass is 32.2. The first-order valence-electron chi connectivity index (χ1n) is 7.95. The summed E-state index contributed by atoms with van der Waals surface area (Å²) in [6.45, 7) is 0.843. The van der Waals surface area contributed by atoms with Crippen LogP contribution in [-0.4, -0.2) is 25.8 Å². The molecule has 0 radical (unpaired) electrons. The van der Waals surface area contributed by atoms with Gasteiger partial charge in [-0.25, -0.2) is 17.2 Å². The first-order valence-corrected chi connectivity index (χ1v) is 9.39. The van der Waals surface area contributed by atoms with Gasteiger partial charge in [-0.1, -0.05) is 18.2 Å². The van der Waals surface area contributed by atoms with Gasteiger partial charge in [-0.2, -0.15) is 4.31 Å². The summed E-state index contributed by atoms with van der Waals surface area (Å²) in [6, 6.07) is 11.5. The zero-order valence-corrected chi connectivity index (χ0v) is 14.0. The number of hydrogen-bond donors (Lipinski definition) is 0. The van der Waals surface area contributed by atoms with Crippen molar-refractivity contribution in [3.8, 4) is 0 Å². The third kappa shape index (κ3) is 3.82. The van der Waals surface area contributed by atoms with E-state index in [-0.39, 0.29) is 10.7 Å². The van der Waals surface area contributed by atoms with E-state index in [1.54, 1.807) is 12.1 Å². The van der Waals surface area contributed by atoms with Gasteiger partial charge in [0.15, 0.2) is 0 Å². The van der Waals surface area contributed by atoms with E-state index in [1.807, 2.05) is 0 Å². The standard InChI is InChI=1S/C18H19F2NO2S/c19-16-6-4-14(5-7-16)12-15-8-10-21(11-9-15)24(22,23)18-3-1-2-17(20)13-18/h1-7,13,15H,8-12H2. The highest BCUT2D eigenvalue weighted by Gasteiger charge is 2.29. The maximum Gasteiger partial charge on any atom is 0.243 e. The maximum absolute atomic E-state index is 13.3. The maximum atomic E-state index is 13.3. The van der Waals surface area contributed by atoms with Crippen LogP contribution in [0.15, 0.2) is 53.4 Å². The van der Waals surface area contributed by atoms with E-state index in [9.17, 15) is 17.2 Å². The summed E-state index contributed by atoms with van der Waals surface area (Å²) in [5, 5.41) is 0. The molecule has 24 heavy (non-hydrogen) atoms. The van der Waals surface area contributed by atoms with Crippen LogP contribution in [0.5, 0.6) is 0 Å². The molecule has 3 rings (SSSR count). The van der Waals surface area contributed by atoms with Gasteiger partial charge in [-0.3, -0.25) is 0 Å². The molecule has 0 saturated carbocycles. The number of benzene rings is 2. The molecule has 0 bridgehead atoms. The van der Waals surface area contributed by atoms with E-state index in [0.717, 1.165) is 30.9 Å². The van der Waals surface area contributed by atoms with Gasteiger partial charge in [0.2, 0.25) is 10.0 Å². The van der Waals surface area contributed by atoms with Crippen LogP contribution in [0.4, 0.5) is 8.78 Å². The van der Waals surface area contributed by atoms with E-state index in [4.69, 9.17) is 0 Å². The Morgan fingerprint density at radius 1 is 0.958 bits per heavy atom. The minimum Gasteiger partial charge on any atom is -0.207 e. The Morgan fingerprint density at radius 2 is 1.62 bits per heavy atom. The second-order valence-corrected chi connectivity index (χ2v) is 8.07. The summed E-state index contributed by atoms with van der Waals surface area (Å²) in [6.07, 6.45) is 2.30.